The second-order valence-corrected chi connectivity index (χ2v) is 7.84. The summed E-state index contributed by atoms with van der Waals surface area (Å²) in [4.78, 5) is 29.2. The number of rotatable bonds is 5. The van der Waals surface area contributed by atoms with Crippen molar-refractivity contribution in [1.82, 2.24) is 14.9 Å². The Balaban J connectivity index is 1.63. The van der Waals surface area contributed by atoms with Gasteiger partial charge < -0.3 is 15.2 Å². The molecule has 3 aromatic rings. The van der Waals surface area contributed by atoms with Gasteiger partial charge >= 0.3 is 0 Å². The van der Waals surface area contributed by atoms with Crippen LogP contribution in [0.25, 0.3) is 11.0 Å². The number of hydrogen-bond acceptors (Lipinski definition) is 3. The van der Waals surface area contributed by atoms with E-state index >= 15 is 0 Å². The minimum Gasteiger partial charge on any atom is -0.350 e. The van der Waals surface area contributed by atoms with E-state index in [1.54, 1.807) is 24.3 Å². The Morgan fingerprint density at radius 1 is 1.07 bits per heavy atom. The summed E-state index contributed by atoms with van der Waals surface area (Å²) in [6, 6.07) is 14.9. The van der Waals surface area contributed by atoms with Crippen LogP contribution in [0.1, 0.15) is 37.0 Å². The predicted octanol–water partition coefficient (Wildman–Crippen LogP) is 3.76. The van der Waals surface area contributed by atoms with E-state index in [4.69, 9.17) is 0 Å². The van der Waals surface area contributed by atoms with E-state index in [9.17, 15) is 9.59 Å². The van der Waals surface area contributed by atoms with Crippen molar-refractivity contribution in [2.24, 2.45) is 5.41 Å². The second kappa shape index (κ2) is 7.84. The summed E-state index contributed by atoms with van der Waals surface area (Å²) in [7, 11) is 0. The van der Waals surface area contributed by atoms with Gasteiger partial charge in [0, 0.05) is 29.8 Å². The number of nitrogens with zero attached hydrogens (tertiary/aromatic N) is 2. The Labute approximate surface area is 165 Å². The molecule has 1 aromatic heterocycles. The first kappa shape index (κ1) is 19.6. The summed E-state index contributed by atoms with van der Waals surface area (Å²) in [5.41, 5.74) is 2.64. The lowest BCUT2D eigenvalue weighted by Gasteiger charge is -2.18. The number of carbonyl (C=O) groups excluding carboxylic acids is 2. The van der Waals surface area contributed by atoms with Gasteiger partial charge in [0.15, 0.2) is 0 Å². The van der Waals surface area contributed by atoms with Crippen molar-refractivity contribution in [3.05, 3.63) is 59.9 Å². The van der Waals surface area contributed by atoms with Gasteiger partial charge in [0.2, 0.25) is 5.91 Å². The molecule has 0 spiro atoms. The van der Waals surface area contributed by atoms with Gasteiger partial charge in [0.05, 0.1) is 11.0 Å². The molecule has 28 heavy (non-hydrogen) atoms. The molecule has 0 unspecified atom stereocenters. The Bertz CT molecular complexity index is 1010. The highest BCUT2D eigenvalue weighted by Gasteiger charge is 2.21. The maximum atomic E-state index is 12.5. The molecular weight excluding hydrogens is 352 g/mol. The zero-order chi connectivity index (χ0) is 20.3. The molecule has 0 saturated carbocycles. The molecule has 0 aliphatic carbocycles. The summed E-state index contributed by atoms with van der Waals surface area (Å²) in [5, 5.41) is 5.79. The van der Waals surface area contributed by atoms with Crippen molar-refractivity contribution in [2.75, 3.05) is 11.9 Å². The van der Waals surface area contributed by atoms with Crippen LogP contribution in [0.5, 0.6) is 0 Å². The molecule has 146 valence electrons. The Hall–Kier alpha value is -3.15. The average Bonchev–Trinajstić information content (AvgIpc) is 2.96. The Morgan fingerprint density at radius 2 is 1.82 bits per heavy atom. The van der Waals surface area contributed by atoms with Crippen LogP contribution in [0, 0.1) is 12.3 Å². The lowest BCUT2D eigenvalue weighted by Crippen LogP contribution is -2.29. The summed E-state index contributed by atoms with van der Waals surface area (Å²) < 4.78 is 2.09. The third kappa shape index (κ3) is 4.39. The smallest absolute Gasteiger partial charge is 0.251 e. The second-order valence-electron chi connectivity index (χ2n) is 7.84. The molecule has 1 heterocycles. The van der Waals surface area contributed by atoms with Crippen molar-refractivity contribution >= 4 is 28.5 Å². The highest BCUT2D eigenvalue weighted by molar-refractivity contribution is 5.98. The highest BCUT2D eigenvalue weighted by Crippen LogP contribution is 2.18. The van der Waals surface area contributed by atoms with Crippen LogP contribution in [0.2, 0.25) is 0 Å². The van der Waals surface area contributed by atoms with Crippen molar-refractivity contribution in [3.8, 4) is 0 Å². The van der Waals surface area contributed by atoms with Crippen molar-refractivity contribution in [1.29, 1.82) is 0 Å². The number of anilines is 1. The van der Waals surface area contributed by atoms with E-state index in [0.717, 1.165) is 16.9 Å². The number of carbonyl (C=O) groups is 2. The Morgan fingerprint density at radius 3 is 2.57 bits per heavy atom. The van der Waals surface area contributed by atoms with Gasteiger partial charge in [-0.2, -0.15) is 0 Å². The van der Waals surface area contributed by atoms with Crippen LogP contribution in [0.3, 0.4) is 0 Å². The first-order valence-electron chi connectivity index (χ1n) is 9.37. The minimum absolute atomic E-state index is 0.0903. The topological polar surface area (TPSA) is 76.0 Å². The van der Waals surface area contributed by atoms with E-state index in [0.29, 0.717) is 24.3 Å². The maximum absolute atomic E-state index is 12.5. The molecule has 3 rings (SSSR count). The summed E-state index contributed by atoms with van der Waals surface area (Å²) in [6.45, 7) is 8.63. The number of benzene rings is 2. The lowest BCUT2D eigenvalue weighted by molar-refractivity contribution is -0.123. The molecule has 0 saturated heterocycles. The van der Waals surface area contributed by atoms with Gasteiger partial charge in [0.25, 0.3) is 5.91 Å². The molecule has 0 fully saturated rings. The SMILES string of the molecule is Cc1nc2ccccc2n1CCNC(=O)c1cccc(NC(=O)C(C)(C)C)c1. The van der Waals surface area contributed by atoms with Gasteiger partial charge in [-0.25, -0.2) is 4.98 Å². The van der Waals surface area contributed by atoms with Crippen molar-refractivity contribution in [3.63, 3.8) is 0 Å². The Kier molecular flexibility index (Phi) is 5.49. The van der Waals surface area contributed by atoms with E-state index < -0.39 is 5.41 Å². The van der Waals surface area contributed by atoms with E-state index in [-0.39, 0.29) is 11.8 Å². The third-order valence-electron chi connectivity index (χ3n) is 4.53. The highest BCUT2D eigenvalue weighted by atomic mass is 16.2. The fourth-order valence-electron chi connectivity index (χ4n) is 2.92. The number of amides is 2. The van der Waals surface area contributed by atoms with E-state index in [1.165, 1.54) is 0 Å². The molecule has 0 radical (unpaired) electrons. The van der Waals surface area contributed by atoms with Gasteiger partial charge in [-0.15, -0.1) is 0 Å². The zero-order valence-corrected chi connectivity index (χ0v) is 16.7. The molecule has 6 heteroatoms. The number of imidazole rings is 1. The average molecular weight is 378 g/mol. The normalized spacial score (nSPS) is 11.4. The van der Waals surface area contributed by atoms with Gasteiger partial charge in [-0.1, -0.05) is 39.0 Å². The fraction of sp³-hybridized carbons (Fsp3) is 0.318. The standard InChI is InChI=1S/C22H26N4O2/c1-15-24-18-10-5-6-11-19(18)26(15)13-12-23-20(27)16-8-7-9-17(14-16)25-21(28)22(2,3)4/h5-11,14H,12-13H2,1-4H3,(H,23,27)(H,25,28). The van der Waals surface area contributed by atoms with E-state index in [1.807, 2.05) is 52.0 Å². The number of aryl methyl sites for hydroxylation is 1. The molecule has 0 bridgehead atoms. The number of hydrogen-bond donors (Lipinski definition) is 2. The summed E-state index contributed by atoms with van der Waals surface area (Å²) >= 11 is 0. The summed E-state index contributed by atoms with van der Waals surface area (Å²) in [6.07, 6.45) is 0. The van der Waals surface area contributed by atoms with Gasteiger partial charge in [-0.05, 0) is 37.3 Å². The van der Waals surface area contributed by atoms with Gasteiger partial charge in [0.1, 0.15) is 5.82 Å². The van der Waals surface area contributed by atoms with Crippen LogP contribution in [0.15, 0.2) is 48.5 Å². The minimum atomic E-state index is -0.496. The number of nitrogens with one attached hydrogen (secondary N) is 2. The van der Waals surface area contributed by atoms with Crippen LogP contribution >= 0.6 is 0 Å². The first-order valence-corrected chi connectivity index (χ1v) is 9.37. The quantitative estimate of drug-likeness (QED) is 0.710. The van der Waals surface area contributed by atoms with E-state index in [2.05, 4.69) is 20.2 Å². The van der Waals surface area contributed by atoms with Crippen LogP contribution < -0.4 is 10.6 Å². The number of para-hydroxylation sites is 2. The van der Waals surface area contributed by atoms with Gasteiger partial charge in [-0.3, -0.25) is 9.59 Å². The molecule has 2 N–H and O–H groups in total. The zero-order valence-electron chi connectivity index (χ0n) is 16.7. The molecule has 0 aliphatic rings. The van der Waals surface area contributed by atoms with Crippen LogP contribution in [-0.2, 0) is 11.3 Å². The molecule has 0 atom stereocenters. The fourth-order valence-corrected chi connectivity index (χ4v) is 2.92. The largest absolute Gasteiger partial charge is 0.350 e. The lowest BCUT2D eigenvalue weighted by atomic mass is 9.95. The van der Waals surface area contributed by atoms with Crippen LogP contribution in [-0.4, -0.2) is 27.9 Å². The molecular formula is C22H26N4O2. The monoisotopic (exact) mass is 378 g/mol. The third-order valence-corrected chi connectivity index (χ3v) is 4.53. The molecule has 6 nitrogen and oxygen atoms in total. The van der Waals surface area contributed by atoms with Crippen molar-refractivity contribution in [2.45, 2.75) is 34.2 Å². The number of fused-ring (bicyclic) bond motifs is 1. The molecule has 2 amide bonds. The molecule has 0 aliphatic heterocycles. The first-order chi connectivity index (χ1) is 13.3. The molecule has 2 aromatic carbocycles. The predicted molar refractivity (Wildman–Crippen MR) is 111 cm³/mol. The summed E-state index contributed by atoms with van der Waals surface area (Å²) in [5.74, 6) is 0.656. The van der Waals surface area contributed by atoms with Crippen LogP contribution in [0.4, 0.5) is 5.69 Å². The van der Waals surface area contributed by atoms with Crippen molar-refractivity contribution < 1.29 is 9.59 Å². The maximum Gasteiger partial charge on any atom is 0.251 e. The number of aromatic nitrogens is 2.